The summed E-state index contributed by atoms with van der Waals surface area (Å²) in [7, 11) is -2.53. The Bertz CT molecular complexity index is 1410. The molecule has 3 aromatic rings. The van der Waals surface area contributed by atoms with E-state index in [1.165, 1.54) is 17.0 Å². The number of rotatable bonds is 14. The Morgan fingerprint density at radius 1 is 0.927 bits per heavy atom. The number of carbonyl (C=O) groups excluding carboxylic acids is 2. The second-order valence-electron chi connectivity index (χ2n) is 9.98. The summed E-state index contributed by atoms with van der Waals surface area (Å²) in [6.07, 6.45) is 2.12. The number of ether oxygens (including phenoxy) is 1. The molecule has 41 heavy (non-hydrogen) atoms. The largest absolute Gasteiger partial charge is 0.497 e. The van der Waals surface area contributed by atoms with Crippen LogP contribution in [0.25, 0.3) is 0 Å². The van der Waals surface area contributed by atoms with E-state index >= 15 is 0 Å². The molecule has 0 saturated heterocycles. The van der Waals surface area contributed by atoms with Gasteiger partial charge in [-0.2, -0.15) is 0 Å². The molecular formula is C32H41N3O5S. The van der Waals surface area contributed by atoms with Crippen LogP contribution in [0.2, 0.25) is 0 Å². The predicted molar refractivity (Wildman–Crippen MR) is 162 cm³/mol. The Morgan fingerprint density at radius 3 is 2.22 bits per heavy atom. The molecule has 0 aliphatic carbocycles. The third kappa shape index (κ3) is 7.88. The lowest BCUT2D eigenvalue weighted by Crippen LogP contribution is -2.52. The molecule has 3 rings (SSSR count). The highest BCUT2D eigenvalue weighted by atomic mass is 32.2. The van der Waals surface area contributed by atoms with Gasteiger partial charge in [0.15, 0.2) is 0 Å². The third-order valence-corrected chi connectivity index (χ3v) is 8.96. The zero-order chi connectivity index (χ0) is 30.0. The van der Waals surface area contributed by atoms with Crippen LogP contribution < -0.4 is 14.4 Å². The molecule has 0 aliphatic heterocycles. The first kappa shape index (κ1) is 31.7. The van der Waals surface area contributed by atoms with Crippen molar-refractivity contribution < 1.29 is 22.7 Å². The number of hydrogen-bond acceptors (Lipinski definition) is 5. The maximum atomic E-state index is 14.2. The van der Waals surface area contributed by atoms with E-state index < -0.39 is 28.5 Å². The summed E-state index contributed by atoms with van der Waals surface area (Å²) >= 11 is 0. The molecule has 0 radical (unpaired) electrons. The number of hydrogen-bond donors (Lipinski definition) is 1. The van der Waals surface area contributed by atoms with Crippen molar-refractivity contribution in [3.05, 3.63) is 89.5 Å². The van der Waals surface area contributed by atoms with Gasteiger partial charge in [-0.25, -0.2) is 8.42 Å². The molecule has 0 fully saturated rings. The van der Waals surface area contributed by atoms with Crippen LogP contribution in [0.4, 0.5) is 5.69 Å². The average Bonchev–Trinajstić information content (AvgIpc) is 2.98. The highest BCUT2D eigenvalue weighted by Crippen LogP contribution is 2.29. The molecule has 1 atom stereocenters. The number of amides is 2. The van der Waals surface area contributed by atoms with Crippen molar-refractivity contribution in [2.45, 2.75) is 64.4 Å². The van der Waals surface area contributed by atoms with E-state index in [-0.39, 0.29) is 17.3 Å². The number of benzene rings is 3. The van der Waals surface area contributed by atoms with Gasteiger partial charge in [-0.3, -0.25) is 13.9 Å². The monoisotopic (exact) mass is 579 g/mol. The molecule has 1 N–H and O–H groups in total. The molecule has 0 aliphatic rings. The van der Waals surface area contributed by atoms with Crippen LogP contribution in [-0.4, -0.2) is 51.4 Å². The lowest BCUT2D eigenvalue weighted by molar-refractivity contribution is -0.140. The first-order valence-corrected chi connectivity index (χ1v) is 15.4. The molecular weight excluding hydrogens is 538 g/mol. The third-order valence-electron chi connectivity index (χ3n) is 7.18. The summed E-state index contributed by atoms with van der Waals surface area (Å²) in [4.78, 5) is 29.1. The van der Waals surface area contributed by atoms with Gasteiger partial charge in [0.05, 0.1) is 17.7 Å². The minimum Gasteiger partial charge on any atom is -0.497 e. The fourth-order valence-electron chi connectivity index (χ4n) is 4.59. The second-order valence-corrected chi connectivity index (χ2v) is 11.8. The maximum Gasteiger partial charge on any atom is 0.264 e. The normalized spacial score (nSPS) is 11.9. The summed E-state index contributed by atoms with van der Waals surface area (Å²) in [6, 6.07) is 20.0. The number of aryl methyl sites for hydroxylation is 1. The Kier molecular flexibility index (Phi) is 11.3. The number of nitrogens with one attached hydrogen (secondary N) is 1. The van der Waals surface area contributed by atoms with Gasteiger partial charge < -0.3 is 15.0 Å². The lowest BCUT2D eigenvalue weighted by Gasteiger charge is -2.33. The van der Waals surface area contributed by atoms with Crippen LogP contribution in [-0.2, 0) is 26.2 Å². The van der Waals surface area contributed by atoms with Gasteiger partial charge in [-0.05, 0) is 73.7 Å². The number of carbonyl (C=O) groups is 2. The summed E-state index contributed by atoms with van der Waals surface area (Å²) in [5, 5.41) is 2.95. The van der Waals surface area contributed by atoms with Crippen molar-refractivity contribution in [3.63, 3.8) is 0 Å². The standard InChI is InChI=1S/C32H41N3O5S/c1-6-8-21-33-32(37)29(7-2)34(22-26-17-19-27(40-5)20-18-26)31(36)23-35(30-16-12-13-24(3)25(30)4)41(38,39)28-14-10-9-11-15-28/h9-20,29H,6-8,21-23H2,1-5H3,(H,33,37)/t29-/m1/s1. The van der Waals surface area contributed by atoms with Crippen molar-refractivity contribution in [2.24, 2.45) is 0 Å². The van der Waals surface area contributed by atoms with Crippen LogP contribution in [0, 0.1) is 13.8 Å². The fraction of sp³-hybridized carbons (Fsp3) is 0.375. The molecule has 8 nitrogen and oxygen atoms in total. The molecule has 0 bridgehead atoms. The topological polar surface area (TPSA) is 96.0 Å². The molecule has 0 spiro atoms. The van der Waals surface area contributed by atoms with Gasteiger partial charge in [-0.15, -0.1) is 0 Å². The average molecular weight is 580 g/mol. The van der Waals surface area contributed by atoms with E-state index in [0.29, 0.717) is 24.4 Å². The number of anilines is 1. The van der Waals surface area contributed by atoms with E-state index in [1.807, 2.05) is 45.9 Å². The highest BCUT2D eigenvalue weighted by Gasteiger charge is 2.34. The number of methoxy groups -OCH3 is 1. The van der Waals surface area contributed by atoms with Gasteiger partial charge in [0.25, 0.3) is 10.0 Å². The predicted octanol–water partition coefficient (Wildman–Crippen LogP) is 5.23. The minimum absolute atomic E-state index is 0.0831. The van der Waals surface area contributed by atoms with Gasteiger partial charge in [-0.1, -0.05) is 62.7 Å². The van der Waals surface area contributed by atoms with E-state index in [0.717, 1.165) is 33.8 Å². The van der Waals surface area contributed by atoms with Crippen LogP contribution >= 0.6 is 0 Å². The van der Waals surface area contributed by atoms with Crippen molar-refractivity contribution in [1.82, 2.24) is 10.2 Å². The molecule has 220 valence electrons. The van der Waals surface area contributed by atoms with Gasteiger partial charge in [0, 0.05) is 13.1 Å². The smallest absolute Gasteiger partial charge is 0.264 e. The Balaban J connectivity index is 2.06. The fourth-order valence-corrected chi connectivity index (χ4v) is 6.08. The molecule has 3 aromatic carbocycles. The minimum atomic E-state index is -4.11. The van der Waals surface area contributed by atoms with Gasteiger partial charge >= 0.3 is 0 Å². The van der Waals surface area contributed by atoms with Crippen molar-refractivity contribution in [2.75, 3.05) is 24.5 Å². The van der Waals surface area contributed by atoms with Crippen LogP contribution in [0.5, 0.6) is 5.75 Å². The molecule has 0 saturated carbocycles. The SMILES string of the molecule is CCCCNC(=O)[C@@H](CC)N(Cc1ccc(OC)cc1)C(=O)CN(c1cccc(C)c1C)S(=O)(=O)c1ccccc1. The maximum absolute atomic E-state index is 14.2. The van der Waals surface area contributed by atoms with E-state index in [2.05, 4.69) is 5.32 Å². The van der Waals surface area contributed by atoms with E-state index in [9.17, 15) is 18.0 Å². The molecule has 0 unspecified atom stereocenters. The number of sulfonamides is 1. The van der Waals surface area contributed by atoms with Crippen molar-refractivity contribution >= 4 is 27.5 Å². The molecule has 0 aromatic heterocycles. The second kappa shape index (κ2) is 14.7. The lowest BCUT2D eigenvalue weighted by atomic mass is 10.1. The zero-order valence-electron chi connectivity index (χ0n) is 24.6. The first-order valence-electron chi connectivity index (χ1n) is 14.0. The zero-order valence-corrected chi connectivity index (χ0v) is 25.4. The van der Waals surface area contributed by atoms with Crippen LogP contribution in [0.3, 0.4) is 0 Å². The summed E-state index contributed by atoms with van der Waals surface area (Å²) < 4.78 is 34.4. The molecule has 2 amide bonds. The quantitative estimate of drug-likeness (QED) is 0.264. The van der Waals surface area contributed by atoms with Gasteiger partial charge in [0.2, 0.25) is 11.8 Å². The molecule has 0 heterocycles. The van der Waals surface area contributed by atoms with Crippen LogP contribution in [0.1, 0.15) is 49.8 Å². The highest BCUT2D eigenvalue weighted by molar-refractivity contribution is 7.92. The molecule has 9 heteroatoms. The Morgan fingerprint density at radius 2 is 1.61 bits per heavy atom. The first-order chi connectivity index (χ1) is 19.6. The van der Waals surface area contributed by atoms with Crippen LogP contribution in [0.15, 0.2) is 77.7 Å². The van der Waals surface area contributed by atoms with Gasteiger partial charge in [0.1, 0.15) is 18.3 Å². The number of nitrogens with zero attached hydrogens (tertiary/aromatic N) is 2. The Hall–Kier alpha value is -3.85. The van der Waals surface area contributed by atoms with Crippen molar-refractivity contribution in [1.29, 1.82) is 0 Å². The van der Waals surface area contributed by atoms with E-state index in [4.69, 9.17) is 4.74 Å². The summed E-state index contributed by atoms with van der Waals surface area (Å²) in [5.74, 6) is -0.0586. The Labute approximate surface area is 244 Å². The van der Waals surface area contributed by atoms with Crippen molar-refractivity contribution in [3.8, 4) is 5.75 Å². The summed E-state index contributed by atoms with van der Waals surface area (Å²) in [5.41, 5.74) is 2.88. The van der Waals surface area contributed by atoms with E-state index in [1.54, 1.807) is 49.6 Å². The summed E-state index contributed by atoms with van der Waals surface area (Å²) in [6.45, 7) is 7.81. The number of unbranched alkanes of at least 4 members (excludes halogenated alkanes) is 1.